The van der Waals surface area contributed by atoms with Gasteiger partial charge in [-0.15, -0.1) is 0 Å². The number of nitrogens with zero attached hydrogens (tertiary/aromatic N) is 3. The highest BCUT2D eigenvalue weighted by molar-refractivity contribution is 5.80. The van der Waals surface area contributed by atoms with E-state index in [1.165, 1.54) is 0 Å². The number of hydrogen-bond donors (Lipinski definition) is 2. The number of hydrogen-bond acceptors (Lipinski definition) is 5. The van der Waals surface area contributed by atoms with Crippen LogP contribution in [0.3, 0.4) is 0 Å². The summed E-state index contributed by atoms with van der Waals surface area (Å²) in [4.78, 5) is 7.00. The minimum atomic E-state index is 0.467. The van der Waals surface area contributed by atoms with E-state index in [9.17, 15) is 0 Å². The van der Waals surface area contributed by atoms with Crippen molar-refractivity contribution in [2.75, 3.05) is 39.9 Å². The van der Waals surface area contributed by atoms with Gasteiger partial charge in [0.25, 0.3) is 0 Å². The summed E-state index contributed by atoms with van der Waals surface area (Å²) in [5, 5.41) is 10.7. The number of likely N-dealkylation sites (tertiary alicyclic amines) is 1. The van der Waals surface area contributed by atoms with Crippen LogP contribution in [0.2, 0.25) is 0 Å². The van der Waals surface area contributed by atoms with Crippen LogP contribution in [0.4, 0.5) is 0 Å². The largest absolute Gasteiger partial charge is 0.383 e. The van der Waals surface area contributed by atoms with Crippen molar-refractivity contribution in [1.29, 1.82) is 0 Å². The summed E-state index contributed by atoms with van der Waals surface area (Å²) in [5.74, 6) is 0.848. The van der Waals surface area contributed by atoms with Gasteiger partial charge in [-0.3, -0.25) is 0 Å². The van der Waals surface area contributed by atoms with Gasteiger partial charge in [0.15, 0.2) is 5.96 Å². The van der Waals surface area contributed by atoms with Gasteiger partial charge in [0, 0.05) is 45.4 Å². The second kappa shape index (κ2) is 9.42. The molecule has 0 aliphatic carbocycles. The summed E-state index contributed by atoms with van der Waals surface area (Å²) < 4.78 is 9.96. The molecule has 0 radical (unpaired) electrons. The van der Waals surface area contributed by atoms with E-state index in [0.29, 0.717) is 12.6 Å². The Morgan fingerprint density at radius 1 is 1.50 bits per heavy atom. The fourth-order valence-corrected chi connectivity index (χ4v) is 2.51. The van der Waals surface area contributed by atoms with Crippen LogP contribution in [0.1, 0.15) is 25.5 Å². The molecular weight excluding hydrogens is 282 g/mol. The van der Waals surface area contributed by atoms with Gasteiger partial charge in [-0.25, -0.2) is 4.99 Å². The summed E-state index contributed by atoms with van der Waals surface area (Å²) in [6, 6.07) is 2.30. The molecule has 2 heterocycles. The van der Waals surface area contributed by atoms with Crippen molar-refractivity contribution >= 4 is 5.96 Å². The van der Waals surface area contributed by atoms with E-state index in [2.05, 4.69) is 32.6 Å². The monoisotopic (exact) mass is 309 g/mol. The van der Waals surface area contributed by atoms with Crippen LogP contribution in [0, 0.1) is 0 Å². The molecular formula is C15H27N5O2. The molecule has 0 aromatic carbocycles. The van der Waals surface area contributed by atoms with Crippen LogP contribution < -0.4 is 10.6 Å². The Kier molecular flexibility index (Phi) is 7.18. The van der Waals surface area contributed by atoms with Crippen LogP contribution in [0.25, 0.3) is 0 Å². The number of ether oxygens (including phenoxy) is 1. The highest BCUT2D eigenvalue weighted by Gasteiger charge is 2.19. The molecule has 0 spiro atoms. The van der Waals surface area contributed by atoms with Crippen LogP contribution >= 0.6 is 0 Å². The minimum absolute atomic E-state index is 0.467. The molecule has 0 bridgehead atoms. The predicted molar refractivity (Wildman–Crippen MR) is 85.8 cm³/mol. The van der Waals surface area contributed by atoms with Gasteiger partial charge in [-0.05, 0) is 19.8 Å². The second-order valence-corrected chi connectivity index (χ2v) is 5.44. The highest BCUT2D eigenvalue weighted by Crippen LogP contribution is 2.10. The first-order valence-electron chi connectivity index (χ1n) is 7.97. The van der Waals surface area contributed by atoms with Gasteiger partial charge < -0.3 is 24.8 Å². The van der Waals surface area contributed by atoms with Crippen molar-refractivity contribution in [3.8, 4) is 0 Å². The summed E-state index contributed by atoms with van der Waals surface area (Å²) in [6.07, 6.45) is 3.82. The molecule has 2 rings (SSSR count). The van der Waals surface area contributed by atoms with Gasteiger partial charge in [0.05, 0.1) is 13.2 Å². The van der Waals surface area contributed by atoms with E-state index in [4.69, 9.17) is 9.26 Å². The number of rotatable bonds is 7. The Morgan fingerprint density at radius 2 is 2.32 bits per heavy atom. The van der Waals surface area contributed by atoms with Crippen LogP contribution in [-0.4, -0.2) is 62.0 Å². The fraction of sp³-hybridized carbons (Fsp3) is 0.733. The fourth-order valence-electron chi connectivity index (χ4n) is 2.51. The zero-order chi connectivity index (χ0) is 15.6. The maximum atomic E-state index is 5.14. The van der Waals surface area contributed by atoms with Crippen molar-refractivity contribution in [2.24, 2.45) is 4.99 Å². The predicted octanol–water partition coefficient (Wildman–Crippen LogP) is 0.841. The van der Waals surface area contributed by atoms with Gasteiger partial charge in [-0.1, -0.05) is 5.16 Å². The van der Waals surface area contributed by atoms with E-state index in [1.54, 1.807) is 13.4 Å². The normalized spacial score (nSPS) is 17.6. The molecule has 1 aromatic heterocycles. The number of methoxy groups -OCH3 is 1. The Bertz CT molecular complexity index is 427. The maximum absolute atomic E-state index is 5.14. The first-order chi connectivity index (χ1) is 10.8. The smallest absolute Gasteiger partial charge is 0.191 e. The lowest BCUT2D eigenvalue weighted by Gasteiger charge is -2.32. The van der Waals surface area contributed by atoms with Gasteiger partial charge in [0.2, 0.25) is 0 Å². The van der Waals surface area contributed by atoms with E-state index >= 15 is 0 Å². The Balaban J connectivity index is 1.77. The summed E-state index contributed by atoms with van der Waals surface area (Å²) in [5.41, 5.74) is 0.839. The number of piperidine rings is 1. The highest BCUT2D eigenvalue weighted by atomic mass is 16.5. The van der Waals surface area contributed by atoms with Gasteiger partial charge >= 0.3 is 0 Å². The zero-order valence-electron chi connectivity index (χ0n) is 13.5. The molecule has 0 atom stereocenters. The average Bonchev–Trinajstić information content (AvgIpc) is 3.05. The van der Waals surface area contributed by atoms with Gasteiger partial charge in [-0.2, -0.15) is 0 Å². The van der Waals surface area contributed by atoms with E-state index in [1.807, 2.05) is 6.07 Å². The zero-order valence-corrected chi connectivity index (χ0v) is 13.5. The molecule has 1 aromatic rings. The Morgan fingerprint density at radius 3 is 2.95 bits per heavy atom. The summed E-state index contributed by atoms with van der Waals surface area (Å²) in [6.45, 7) is 7.47. The molecule has 0 amide bonds. The van der Waals surface area contributed by atoms with E-state index in [-0.39, 0.29) is 0 Å². The van der Waals surface area contributed by atoms with E-state index < -0.39 is 0 Å². The molecule has 0 saturated carbocycles. The van der Waals surface area contributed by atoms with Crippen molar-refractivity contribution < 1.29 is 9.26 Å². The molecule has 1 aliphatic rings. The lowest BCUT2D eigenvalue weighted by molar-refractivity contribution is 0.128. The molecule has 7 heteroatoms. The van der Waals surface area contributed by atoms with Crippen molar-refractivity contribution in [2.45, 2.75) is 32.4 Å². The third-order valence-electron chi connectivity index (χ3n) is 3.77. The van der Waals surface area contributed by atoms with Crippen molar-refractivity contribution in [3.05, 3.63) is 18.0 Å². The van der Waals surface area contributed by atoms with Crippen LogP contribution in [-0.2, 0) is 11.3 Å². The molecule has 1 saturated heterocycles. The Hall–Kier alpha value is -1.60. The van der Waals surface area contributed by atoms with Crippen molar-refractivity contribution in [3.63, 3.8) is 0 Å². The summed E-state index contributed by atoms with van der Waals surface area (Å²) in [7, 11) is 1.75. The minimum Gasteiger partial charge on any atom is -0.383 e. The van der Waals surface area contributed by atoms with Gasteiger partial charge in [0.1, 0.15) is 12.0 Å². The van der Waals surface area contributed by atoms with Crippen molar-refractivity contribution in [1.82, 2.24) is 20.7 Å². The topological polar surface area (TPSA) is 74.9 Å². The maximum Gasteiger partial charge on any atom is 0.191 e. The molecule has 22 heavy (non-hydrogen) atoms. The molecule has 0 unspecified atom stereocenters. The number of aliphatic imine (C=N–C) groups is 1. The standard InChI is InChI=1S/C15H27N5O2/c1-3-16-15(17-12-14-6-10-22-19-14)18-13-4-7-20(8-5-13)9-11-21-2/h6,10,13H,3-5,7-9,11-12H2,1-2H3,(H2,16,17,18). The molecule has 7 nitrogen and oxygen atoms in total. The SMILES string of the molecule is CCNC(=NCc1ccon1)NC1CCN(CCOC)CC1. The number of nitrogens with one attached hydrogen (secondary N) is 2. The third kappa shape index (κ3) is 5.65. The van der Waals surface area contributed by atoms with Crippen LogP contribution in [0.5, 0.6) is 0 Å². The number of guanidine groups is 1. The first-order valence-corrected chi connectivity index (χ1v) is 7.97. The third-order valence-corrected chi connectivity index (χ3v) is 3.77. The average molecular weight is 309 g/mol. The van der Waals surface area contributed by atoms with E-state index in [0.717, 1.165) is 57.3 Å². The number of aromatic nitrogens is 1. The lowest BCUT2D eigenvalue weighted by Crippen LogP contribution is -2.49. The Labute approximate surface area is 132 Å². The quantitative estimate of drug-likeness (QED) is 0.574. The van der Waals surface area contributed by atoms with Crippen LogP contribution in [0.15, 0.2) is 21.8 Å². The molecule has 2 N–H and O–H groups in total. The second-order valence-electron chi connectivity index (χ2n) is 5.44. The lowest BCUT2D eigenvalue weighted by atomic mass is 10.1. The molecule has 124 valence electrons. The summed E-state index contributed by atoms with van der Waals surface area (Å²) >= 11 is 0. The molecule has 1 fully saturated rings. The molecule has 1 aliphatic heterocycles. The first kappa shape index (κ1) is 16.8.